The number of halogens is 3. The third-order valence-corrected chi connectivity index (χ3v) is 2.32. The van der Waals surface area contributed by atoms with Gasteiger partial charge in [-0.05, 0) is 24.3 Å². The minimum absolute atomic E-state index is 0.107. The Balaban J connectivity index is 2.14. The van der Waals surface area contributed by atoms with E-state index in [0.717, 1.165) is 0 Å². The fraction of sp³-hybridized carbons (Fsp3) is 0.0769. The number of benzene rings is 1. The van der Waals surface area contributed by atoms with Gasteiger partial charge in [0.05, 0.1) is 5.56 Å². The summed E-state index contributed by atoms with van der Waals surface area (Å²) in [5, 5.41) is 2.37. The quantitative estimate of drug-likeness (QED) is 0.877. The van der Waals surface area contributed by atoms with Crippen LogP contribution in [0.4, 0.5) is 18.9 Å². The number of nitrogens with one attached hydrogen (secondary N) is 1. The van der Waals surface area contributed by atoms with Gasteiger partial charge in [0.1, 0.15) is 5.75 Å². The van der Waals surface area contributed by atoms with Crippen molar-refractivity contribution in [2.24, 2.45) is 0 Å². The Labute approximate surface area is 112 Å². The molecule has 4 nitrogen and oxygen atoms in total. The Hall–Kier alpha value is -2.57. The number of anilines is 1. The summed E-state index contributed by atoms with van der Waals surface area (Å²) < 4.78 is 41.6. The number of nitrogens with zero attached hydrogens (tertiary/aromatic N) is 1. The van der Waals surface area contributed by atoms with E-state index in [9.17, 15) is 18.0 Å². The Morgan fingerprint density at radius 1 is 1.25 bits per heavy atom. The number of pyridine rings is 1. The summed E-state index contributed by atoms with van der Waals surface area (Å²) in [5.74, 6) is -1.75. The molecule has 0 saturated heterocycles. The van der Waals surface area contributed by atoms with Crippen molar-refractivity contribution in [3.05, 3.63) is 54.1 Å². The SMILES string of the molecule is O=C(Nc1cccc(OC(F)F)c1)c1cccnc1F. The molecule has 20 heavy (non-hydrogen) atoms. The van der Waals surface area contributed by atoms with Gasteiger partial charge in [-0.2, -0.15) is 13.2 Å². The van der Waals surface area contributed by atoms with Crippen LogP contribution in [0.5, 0.6) is 5.75 Å². The monoisotopic (exact) mass is 282 g/mol. The summed E-state index contributed by atoms with van der Waals surface area (Å²) in [6.45, 7) is -2.96. The zero-order valence-corrected chi connectivity index (χ0v) is 10.0. The van der Waals surface area contributed by atoms with Crippen molar-refractivity contribution >= 4 is 11.6 Å². The maximum absolute atomic E-state index is 13.3. The molecule has 1 aromatic heterocycles. The maximum atomic E-state index is 13.3. The topological polar surface area (TPSA) is 51.2 Å². The largest absolute Gasteiger partial charge is 0.435 e. The summed E-state index contributed by atoms with van der Waals surface area (Å²) in [6, 6.07) is 8.08. The first-order chi connectivity index (χ1) is 9.56. The van der Waals surface area contributed by atoms with Crippen molar-refractivity contribution < 1.29 is 22.7 Å². The van der Waals surface area contributed by atoms with E-state index < -0.39 is 18.5 Å². The van der Waals surface area contributed by atoms with Crippen LogP contribution in [-0.2, 0) is 0 Å². The van der Waals surface area contributed by atoms with Crippen molar-refractivity contribution in [3.63, 3.8) is 0 Å². The van der Waals surface area contributed by atoms with Crippen LogP contribution in [0, 0.1) is 5.95 Å². The molecule has 0 bridgehead atoms. The van der Waals surface area contributed by atoms with Crippen molar-refractivity contribution in [1.82, 2.24) is 4.98 Å². The lowest BCUT2D eigenvalue weighted by molar-refractivity contribution is -0.0497. The molecule has 2 rings (SSSR count). The van der Waals surface area contributed by atoms with E-state index in [1.165, 1.54) is 42.6 Å². The van der Waals surface area contributed by atoms with E-state index in [2.05, 4.69) is 15.0 Å². The molecule has 0 unspecified atom stereocenters. The van der Waals surface area contributed by atoms with Crippen LogP contribution in [0.3, 0.4) is 0 Å². The van der Waals surface area contributed by atoms with Crippen molar-refractivity contribution in [2.45, 2.75) is 6.61 Å². The minimum Gasteiger partial charge on any atom is -0.435 e. The first-order valence-corrected chi connectivity index (χ1v) is 5.53. The predicted octanol–water partition coefficient (Wildman–Crippen LogP) is 3.07. The molecule has 1 N–H and O–H groups in total. The van der Waals surface area contributed by atoms with E-state index >= 15 is 0 Å². The van der Waals surface area contributed by atoms with Crippen molar-refractivity contribution in [2.75, 3.05) is 5.32 Å². The second-order valence-corrected chi connectivity index (χ2v) is 3.70. The fourth-order valence-electron chi connectivity index (χ4n) is 1.50. The van der Waals surface area contributed by atoms with Gasteiger partial charge in [-0.15, -0.1) is 0 Å². The lowest BCUT2D eigenvalue weighted by Gasteiger charge is -2.08. The molecule has 2 aromatic rings. The molecule has 0 aliphatic carbocycles. The number of aromatic nitrogens is 1. The van der Waals surface area contributed by atoms with Gasteiger partial charge < -0.3 is 10.1 Å². The van der Waals surface area contributed by atoms with Crippen LogP contribution in [-0.4, -0.2) is 17.5 Å². The fourth-order valence-corrected chi connectivity index (χ4v) is 1.50. The zero-order chi connectivity index (χ0) is 14.5. The number of carbonyl (C=O) groups is 1. The molecule has 1 aromatic carbocycles. The second-order valence-electron chi connectivity index (χ2n) is 3.70. The van der Waals surface area contributed by atoms with Gasteiger partial charge in [0.15, 0.2) is 0 Å². The molecule has 0 radical (unpaired) electrons. The minimum atomic E-state index is -2.96. The highest BCUT2D eigenvalue weighted by Gasteiger charge is 2.12. The molecule has 7 heteroatoms. The highest BCUT2D eigenvalue weighted by molar-refractivity contribution is 6.04. The van der Waals surface area contributed by atoms with E-state index in [1.54, 1.807) is 0 Å². The third-order valence-electron chi connectivity index (χ3n) is 2.32. The van der Waals surface area contributed by atoms with Gasteiger partial charge in [-0.25, -0.2) is 4.98 Å². The van der Waals surface area contributed by atoms with Gasteiger partial charge >= 0.3 is 6.61 Å². The summed E-state index contributed by atoms with van der Waals surface area (Å²) in [7, 11) is 0. The molecule has 104 valence electrons. The van der Waals surface area contributed by atoms with Crippen molar-refractivity contribution in [1.29, 1.82) is 0 Å². The van der Waals surface area contributed by atoms with E-state index in [-0.39, 0.29) is 17.0 Å². The molecular formula is C13H9F3N2O2. The summed E-state index contributed by atoms with van der Waals surface area (Å²) in [6.07, 6.45) is 1.21. The van der Waals surface area contributed by atoms with Crippen LogP contribution in [0.15, 0.2) is 42.6 Å². The van der Waals surface area contributed by atoms with E-state index in [1.807, 2.05) is 0 Å². The Morgan fingerprint density at radius 2 is 2.05 bits per heavy atom. The number of carbonyl (C=O) groups excluding carboxylic acids is 1. The van der Waals surface area contributed by atoms with Crippen LogP contribution < -0.4 is 10.1 Å². The summed E-state index contributed by atoms with van der Waals surface area (Å²) >= 11 is 0. The lowest BCUT2D eigenvalue weighted by atomic mass is 10.2. The van der Waals surface area contributed by atoms with Crippen LogP contribution in [0.2, 0.25) is 0 Å². The van der Waals surface area contributed by atoms with Gasteiger partial charge in [0.2, 0.25) is 5.95 Å². The summed E-state index contributed by atoms with van der Waals surface area (Å²) in [4.78, 5) is 15.1. The van der Waals surface area contributed by atoms with Gasteiger partial charge in [-0.1, -0.05) is 6.07 Å². The highest BCUT2D eigenvalue weighted by atomic mass is 19.3. The van der Waals surface area contributed by atoms with E-state index in [4.69, 9.17) is 0 Å². The molecule has 0 fully saturated rings. The molecule has 1 heterocycles. The smallest absolute Gasteiger partial charge is 0.387 e. The first-order valence-electron chi connectivity index (χ1n) is 5.53. The Kier molecular flexibility index (Phi) is 4.19. The number of hydrogen-bond acceptors (Lipinski definition) is 3. The molecule has 0 saturated carbocycles. The molecule has 1 amide bonds. The number of ether oxygens (including phenoxy) is 1. The molecular weight excluding hydrogens is 273 g/mol. The van der Waals surface area contributed by atoms with Gasteiger partial charge in [-0.3, -0.25) is 4.79 Å². The van der Waals surface area contributed by atoms with Gasteiger partial charge in [0.25, 0.3) is 5.91 Å². The normalized spacial score (nSPS) is 10.4. The predicted molar refractivity (Wildman–Crippen MR) is 65.2 cm³/mol. The lowest BCUT2D eigenvalue weighted by Crippen LogP contribution is -2.14. The summed E-state index contributed by atoms with van der Waals surface area (Å²) in [5.41, 5.74) is -0.0379. The Morgan fingerprint density at radius 3 is 2.75 bits per heavy atom. The molecule has 0 aliphatic rings. The number of alkyl halides is 2. The maximum Gasteiger partial charge on any atom is 0.387 e. The number of amides is 1. The average molecular weight is 282 g/mol. The third kappa shape index (κ3) is 3.47. The number of hydrogen-bond donors (Lipinski definition) is 1. The molecule has 0 aliphatic heterocycles. The second kappa shape index (κ2) is 6.05. The van der Waals surface area contributed by atoms with Crippen molar-refractivity contribution in [3.8, 4) is 5.75 Å². The zero-order valence-electron chi connectivity index (χ0n) is 10.0. The van der Waals surface area contributed by atoms with Gasteiger partial charge in [0, 0.05) is 18.0 Å². The molecule has 0 atom stereocenters. The molecule has 0 spiro atoms. The number of rotatable bonds is 4. The van der Waals surface area contributed by atoms with Crippen LogP contribution >= 0.6 is 0 Å². The van der Waals surface area contributed by atoms with Crippen LogP contribution in [0.1, 0.15) is 10.4 Å². The van der Waals surface area contributed by atoms with E-state index in [0.29, 0.717) is 0 Å². The Bertz CT molecular complexity index is 620. The standard InChI is InChI=1S/C13H9F3N2O2/c14-11-10(5-2-6-17-11)12(19)18-8-3-1-4-9(7-8)20-13(15)16/h1-7,13H,(H,18,19). The van der Waals surface area contributed by atoms with Crippen LogP contribution in [0.25, 0.3) is 0 Å². The average Bonchev–Trinajstić information content (AvgIpc) is 2.38. The highest BCUT2D eigenvalue weighted by Crippen LogP contribution is 2.20. The first kappa shape index (κ1) is 13.9.